The molecule has 4 rings (SSSR count). The summed E-state index contributed by atoms with van der Waals surface area (Å²) in [5, 5.41) is 14.5. The predicted molar refractivity (Wildman–Crippen MR) is 139 cm³/mol. The van der Waals surface area contributed by atoms with E-state index in [0.717, 1.165) is 37.5 Å². The van der Waals surface area contributed by atoms with Crippen LogP contribution in [0.3, 0.4) is 0 Å². The van der Waals surface area contributed by atoms with E-state index in [1.54, 1.807) is 0 Å². The smallest absolute Gasteiger partial charge is 0.220 e. The molecule has 6 N–H and O–H groups in total. The van der Waals surface area contributed by atoms with Crippen molar-refractivity contribution < 1.29 is 9.90 Å². The van der Waals surface area contributed by atoms with Gasteiger partial charge in [-0.25, -0.2) is 0 Å². The Balaban J connectivity index is 1.30. The average Bonchev–Trinajstić information content (AvgIpc) is 3.08. The number of hydrogen-bond donors (Lipinski definition) is 4. The Hall–Kier alpha value is -0.650. The summed E-state index contributed by atoms with van der Waals surface area (Å²) in [4.78, 5) is 12.5. The molecule has 0 saturated heterocycles. The van der Waals surface area contributed by atoms with Crippen molar-refractivity contribution in [2.24, 2.45) is 51.9 Å². The molecule has 0 radical (unpaired) electrons. The van der Waals surface area contributed by atoms with Crippen LogP contribution in [0, 0.1) is 40.4 Å². The first kappa shape index (κ1) is 26.4. The second-order valence-corrected chi connectivity index (χ2v) is 13.8. The molecule has 0 heterocycles. The van der Waals surface area contributed by atoms with Crippen molar-refractivity contribution in [1.29, 1.82) is 0 Å². The zero-order chi connectivity index (χ0) is 24.7. The van der Waals surface area contributed by atoms with Crippen LogP contribution >= 0.6 is 0 Å². The van der Waals surface area contributed by atoms with E-state index in [4.69, 9.17) is 11.5 Å². The number of nitrogens with two attached hydrogens (primary N) is 2. The first-order valence-corrected chi connectivity index (χ1v) is 14.5. The second kappa shape index (κ2) is 10.0. The summed E-state index contributed by atoms with van der Waals surface area (Å²) in [5.74, 6) is 3.48. The summed E-state index contributed by atoms with van der Waals surface area (Å²) in [6, 6.07) is 0.111. The minimum Gasteiger partial charge on any atom is -0.393 e. The van der Waals surface area contributed by atoms with Crippen molar-refractivity contribution in [3.63, 3.8) is 0 Å². The van der Waals surface area contributed by atoms with E-state index in [1.165, 1.54) is 51.4 Å². The standard InChI is InChI=1S/C29H53N3O2/c1-19(13-17-29(4,30)31)32-25(34)10-7-9-20-11-12-22-26-23(14-16-28(20,22)3)27(2)15-6-5-8-21(27)18-24(26)33/h19-24,26,33H,5-18,30-31H2,1-4H3,(H,32,34). The van der Waals surface area contributed by atoms with Crippen molar-refractivity contribution in [1.82, 2.24) is 5.32 Å². The van der Waals surface area contributed by atoms with Crippen LogP contribution < -0.4 is 16.8 Å². The highest BCUT2D eigenvalue weighted by Gasteiger charge is 2.61. The van der Waals surface area contributed by atoms with Gasteiger partial charge in [0.15, 0.2) is 0 Å². The molecule has 5 heteroatoms. The normalized spacial score (nSPS) is 42.9. The molecule has 196 valence electrons. The van der Waals surface area contributed by atoms with Gasteiger partial charge in [0, 0.05) is 12.5 Å². The molecular formula is C29H53N3O2. The SMILES string of the molecule is CC(CCC(C)(N)N)NC(=O)CCCC1CCC2C3C(O)CC4CCCCC4(C)C3CCC12C. The van der Waals surface area contributed by atoms with E-state index in [0.29, 0.717) is 41.4 Å². The third-order valence-electron chi connectivity index (χ3n) is 11.3. The quantitative estimate of drug-likeness (QED) is 0.367. The fraction of sp³-hybridized carbons (Fsp3) is 0.966. The number of carbonyl (C=O) groups is 1. The zero-order valence-electron chi connectivity index (χ0n) is 22.5. The minimum atomic E-state index is -0.673. The van der Waals surface area contributed by atoms with Crippen LogP contribution in [-0.4, -0.2) is 28.8 Å². The number of aliphatic hydroxyl groups excluding tert-OH is 1. The third-order valence-corrected chi connectivity index (χ3v) is 11.3. The molecule has 9 unspecified atom stereocenters. The molecule has 4 saturated carbocycles. The van der Waals surface area contributed by atoms with Crippen LogP contribution in [0.4, 0.5) is 0 Å². The summed E-state index contributed by atoms with van der Waals surface area (Å²) in [6.07, 6.45) is 15.8. The Morgan fingerprint density at radius 1 is 1.09 bits per heavy atom. The number of fused-ring (bicyclic) bond motifs is 5. The maximum atomic E-state index is 12.5. The zero-order valence-corrected chi connectivity index (χ0v) is 22.5. The fourth-order valence-electron chi connectivity index (χ4n) is 9.29. The van der Waals surface area contributed by atoms with Gasteiger partial charge in [-0.05, 0) is 125 Å². The van der Waals surface area contributed by atoms with Gasteiger partial charge >= 0.3 is 0 Å². The van der Waals surface area contributed by atoms with Gasteiger partial charge in [-0.15, -0.1) is 0 Å². The molecule has 4 aliphatic carbocycles. The molecule has 0 aromatic carbocycles. The van der Waals surface area contributed by atoms with Crippen molar-refractivity contribution in [3.8, 4) is 0 Å². The maximum absolute atomic E-state index is 12.5. The van der Waals surface area contributed by atoms with Gasteiger partial charge in [0.2, 0.25) is 5.91 Å². The molecule has 0 aromatic heterocycles. The summed E-state index contributed by atoms with van der Waals surface area (Å²) in [7, 11) is 0. The second-order valence-electron chi connectivity index (χ2n) is 13.8. The lowest BCUT2D eigenvalue weighted by Gasteiger charge is -2.62. The van der Waals surface area contributed by atoms with Gasteiger partial charge in [0.1, 0.15) is 0 Å². The predicted octanol–water partition coefficient (Wildman–Crippen LogP) is 5.10. The monoisotopic (exact) mass is 475 g/mol. The number of rotatable bonds is 8. The van der Waals surface area contributed by atoms with Crippen LogP contribution in [0.5, 0.6) is 0 Å². The van der Waals surface area contributed by atoms with Crippen molar-refractivity contribution >= 4 is 5.91 Å². The molecule has 0 aromatic rings. The summed E-state index contributed by atoms with van der Waals surface area (Å²) >= 11 is 0. The molecular weight excluding hydrogens is 422 g/mol. The van der Waals surface area contributed by atoms with E-state index in [1.807, 2.05) is 13.8 Å². The van der Waals surface area contributed by atoms with E-state index in [9.17, 15) is 9.90 Å². The van der Waals surface area contributed by atoms with E-state index < -0.39 is 5.66 Å². The minimum absolute atomic E-state index is 0.0966. The van der Waals surface area contributed by atoms with Gasteiger partial charge in [-0.3, -0.25) is 4.79 Å². The first-order chi connectivity index (χ1) is 15.9. The van der Waals surface area contributed by atoms with Crippen LogP contribution in [0.1, 0.15) is 118 Å². The molecule has 5 nitrogen and oxygen atoms in total. The average molecular weight is 476 g/mol. The maximum Gasteiger partial charge on any atom is 0.220 e. The number of hydrogen-bond acceptors (Lipinski definition) is 4. The van der Waals surface area contributed by atoms with Gasteiger partial charge in [-0.1, -0.05) is 26.7 Å². The number of carbonyl (C=O) groups excluding carboxylic acids is 1. The van der Waals surface area contributed by atoms with Crippen molar-refractivity contribution in [3.05, 3.63) is 0 Å². The molecule has 34 heavy (non-hydrogen) atoms. The lowest BCUT2D eigenvalue weighted by Crippen LogP contribution is -2.57. The van der Waals surface area contributed by atoms with Crippen LogP contribution in [0.25, 0.3) is 0 Å². The fourth-order valence-corrected chi connectivity index (χ4v) is 9.29. The Morgan fingerprint density at radius 3 is 2.56 bits per heavy atom. The van der Waals surface area contributed by atoms with Gasteiger partial charge in [0.05, 0.1) is 11.8 Å². The summed E-state index contributed by atoms with van der Waals surface area (Å²) in [5.41, 5.74) is 11.9. The third kappa shape index (κ3) is 5.22. The Morgan fingerprint density at radius 2 is 1.82 bits per heavy atom. The highest BCUT2D eigenvalue weighted by atomic mass is 16.3. The number of aliphatic hydroxyl groups is 1. The Labute approximate surface area is 208 Å². The van der Waals surface area contributed by atoms with Gasteiger partial charge in [0.25, 0.3) is 0 Å². The van der Waals surface area contributed by atoms with Crippen LogP contribution in [0.2, 0.25) is 0 Å². The Kier molecular flexibility index (Phi) is 7.78. The highest BCUT2D eigenvalue weighted by Crippen LogP contribution is 2.67. The topological polar surface area (TPSA) is 101 Å². The van der Waals surface area contributed by atoms with Gasteiger partial charge < -0.3 is 21.9 Å². The van der Waals surface area contributed by atoms with E-state index in [2.05, 4.69) is 19.2 Å². The van der Waals surface area contributed by atoms with E-state index >= 15 is 0 Å². The molecule has 0 aliphatic heterocycles. The molecule has 0 spiro atoms. The molecule has 9 atom stereocenters. The van der Waals surface area contributed by atoms with Crippen LogP contribution in [-0.2, 0) is 4.79 Å². The van der Waals surface area contributed by atoms with Crippen LogP contribution in [0.15, 0.2) is 0 Å². The van der Waals surface area contributed by atoms with E-state index in [-0.39, 0.29) is 18.1 Å². The summed E-state index contributed by atoms with van der Waals surface area (Å²) in [6.45, 7) is 8.98. The number of amides is 1. The molecule has 0 bridgehead atoms. The lowest BCUT2D eigenvalue weighted by molar-refractivity contribution is -0.162. The molecule has 4 fully saturated rings. The summed E-state index contributed by atoms with van der Waals surface area (Å²) < 4.78 is 0. The largest absolute Gasteiger partial charge is 0.393 e. The Bertz CT molecular complexity index is 721. The highest BCUT2D eigenvalue weighted by molar-refractivity contribution is 5.76. The molecule has 4 aliphatic rings. The lowest BCUT2D eigenvalue weighted by atomic mass is 9.44. The molecule has 1 amide bonds. The first-order valence-electron chi connectivity index (χ1n) is 14.5. The van der Waals surface area contributed by atoms with Gasteiger partial charge in [-0.2, -0.15) is 0 Å². The number of nitrogens with one attached hydrogen (secondary N) is 1. The van der Waals surface area contributed by atoms with Crippen molar-refractivity contribution in [2.45, 2.75) is 135 Å². The van der Waals surface area contributed by atoms with Crippen molar-refractivity contribution in [2.75, 3.05) is 0 Å².